The molecule has 4 heteroatoms. The number of imidazole rings is 1. The number of aromatic amines is 1. The molecule has 1 aromatic carbocycles. The Labute approximate surface area is 126 Å². The molecule has 1 saturated heterocycles. The molecule has 0 aliphatic carbocycles. The van der Waals surface area contributed by atoms with E-state index in [2.05, 4.69) is 53.7 Å². The maximum atomic E-state index is 4.74. The highest BCUT2D eigenvalue weighted by molar-refractivity contribution is 5.77. The number of nitrogens with zero attached hydrogens (tertiary/aromatic N) is 1. The largest absolute Gasteiger partial charge is 0.382 e. The molecule has 0 radical (unpaired) electrons. The van der Waals surface area contributed by atoms with Crippen LogP contribution in [0.15, 0.2) is 24.3 Å². The zero-order valence-electron chi connectivity index (χ0n) is 12.9. The summed E-state index contributed by atoms with van der Waals surface area (Å²) < 4.78 is 0. The van der Waals surface area contributed by atoms with Gasteiger partial charge in [0.2, 0.25) is 0 Å². The Hall–Kier alpha value is -1.81. The average Bonchev–Trinajstić information content (AvgIpc) is 2.90. The molecule has 3 N–H and O–H groups in total. The minimum absolute atomic E-state index is 0.553. The van der Waals surface area contributed by atoms with E-state index in [9.17, 15) is 0 Å². The zero-order chi connectivity index (χ0) is 14.7. The van der Waals surface area contributed by atoms with E-state index in [1.54, 1.807) is 0 Å². The van der Waals surface area contributed by atoms with E-state index >= 15 is 0 Å². The minimum Gasteiger partial charge on any atom is -0.382 e. The van der Waals surface area contributed by atoms with Gasteiger partial charge in [-0.25, -0.2) is 4.98 Å². The van der Waals surface area contributed by atoms with Crippen molar-refractivity contribution in [3.63, 3.8) is 0 Å². The van der Waals surface area contributed by atoms with Gasteiger partial charge in [0, 0.05) is 29.4 Å². The van der Waals surface area contributed by atoms with Crippen LogP contribution in [-0.2, 0) is 6.42 Å². The topological polar surface area (TPSA) is 52.7 Å². The summed E-state index contributed by atoms with van der Waals surface area (Å²) in [5, 5.41) is 7.12. The summed E-state index contributed by atoms with van der Waals surface area (Å²) in [4.78, 5) is 8.12. The van der Waals surface area contributed by atoms with Crippen LogP contribution in [0.5, 0.6) is 0 Å². The predicted octanol–water partition coefficient (Wildman–Crippen LogP) is 3.11. The van der Waals surface area contributed by atoms with Crippen molar-refractivity contribution in [2.24, 2.45) is 0 Å². The minimum atomic E-state index is 0.553. The maximum Gasteiger partial charge on any atom is 0.106 e. The Morgan fingerprint density at radius 3 is 2.71 bits per heavy atom. The third-order valence-electron chi connectivity index (χ3n) is 4.15. The zero-order valence-corrected chi connectivity index (χ0v) is 12.9. The van der Waals surface area contributed by atoms with E-state index in [1.165, 1.54) is 24.1 Å². The van der Waals surface area contributed by atoms with Crippen LogP contribution in [0.25, 0.3) is 11.3 Å². The molecule has 0 atom stereocenters. The van der Waals surface area contributed by atoms with E-state index in [4.69, 9.17) is 4.98 Å². The SMILES string of the molecule is CCc1nc(-c2ccccc2NC2CCNCC2)c(C)[nH]1. The summed E-state index contributed by atoms with van der Waals surface area (Å²) in [6, 6.07) is 9.05. The lowest BCUT2D eigenvalue weighted by Crippen LogP contribution is -2.35. The fraction of sp³-hybridized carbons (Fsp3) is 0.471. The van der Waals surface area contributed by atoms with Crippen LogP contribution in [0.1, 0.15) is 31.3 Å². The lowest BCUT2D eigenvalue weighted by atomic mass is 10.0. The first-order valence-corrected chi connectivity index (χ1v) is 7.90. The number of benzene rings is 1. The lowest BCUT2D eigenvalue weighted by Gasteiger charge is -2.25. The Morgan fingerprint density at radius 2 is 2.00 bits per heavy atom. The number of anilines is 1. The van der Waals surface area contributed by atoms with Crippen molar-refractivity contribution >= 4 is 5.69 Å². The highest BCUT2D eigenvalue weighted by Crippen LogP contribution is 2.30. The molecular formula is C17H24N4. The number of H-pyrrole nitrogens is 1. The molecule has 21 heavy (non-hydrogen) atoms. The van der Waals surface area contributed by atoms with Gasteiger partial charge in [-0.05, 0) is 38.9 Å². The first-order valence-electron chi connectivity index (χ1n) is 7.90. The molecule has 4 nitrogen and oxygen atoms in total. The van der Waals surface area contributed by atoms with Crippen molar-refractivity contribution in [2.45, 2.75) is 39.2 Å². The van der Waals surface area contributed by atoms with Crippen molar-refractivity contribution < 1.29 is 0 Å². The van der Waals surface area contributed by atoms with Gasteiger partial charge in [-0.3, -0.25) is 0 Å². The van der Waals surface area contributed by atoms with E-state index < -0.39 is 0 Å². The number of nitrogens with one attached hydrogen (secondary N) is 3. The smallest absolute Gasteiger partial charge is 0.106 e. The summed E-state index contributed by atoms with van der Waals surface area (Å²) in [5.74, 6) is 1.05. The van der Waals surface area contributed by atoms with Crippen molar-refractivity contribution in [3.8, 4) is 11.3 Å². The van der Waals surface area contributed by atoms with E-state index in [0.29, 0.717) is 6.04 Å². The molecule has 0 bridgehead atoms. The van der Waals surface area contributed by atoms with Gasteiger partial charge >= 0.3 is 0 Å². The third kappa shape index (κ3) is 3.10. The van der Waals surface area contributed by atoms with Crippen molar-refractivity contribution in [1.82, 2.24) is 15.3 Å². The number of piperidine rings is 1. The fourth-order valence-electron chi connectivity index (χ4n) is 2.95. The molecule has 0 amide bonds. The van der Waals surface area contributed by atoms with Gasteiger partial charge in [0.1, 0.15) is 5.82 Å². The number of aromatic nitrogens is 2. The first-order chi connectivity index (χ1) is 10.3. The van der Waals surface area contributed by atoms with Crippen LogP contribution < -0.4 is 10.6 Å². The molecule has 1 aromatic heterocycles. The summed E-state index contributed by atoms with van der Waals surface area (Å²) in [5.41, 5.74) is 4.61. The van der Waals surface area contributed by atoms with Crippen molar-refractivity contribution in [2.75, 3.05) is 18.4 Å². The summed E-state index contributed by atoms with van der Waals surface area (Å²) in [6.45, 7) is 6.42. The van der Waals surface area contributed by atoms with Gasteiger partial charge in [0.05, 0.1) is 5.69 Å². The van der Waals surface area contributed by atoms with Crippen LogP contribution in [0.4, 0.5) is 5.69 Å². The van der Waals surface area contributed by atoms with Gasteiger partial charge in [0.25, 0.3) is 0 Å². The second-order valence-electron chi connectivity index (χ2n) is 5.72. The van der Waals surface area contributed by atoms with E-state index in [0.717, 1.165) is 36.7 Å². The normalized spacial score (nSPS) is 16.1. The van der Waals surface area contributed by atoms with Crippen LogP contribution in [0.2, 0.25) is 0 Å². The molecule has 112 valence electrons. The number of hydrogen-bond donors (Lipinski definition) is 3. The fourth-order valence-corrected chi connectivity index (χ4v) is 2.95. The number of rotatable bonds is 4. The van der Waals surface area contributed by atoms with Crippen LogP contribution in [-0.4, -0.2) is 29.1 Å². The first kappa shape index (κ1) is 14.1. The quantitative estimate of drug-likeness (QED) is 0.808. The van der Waals surface area contributed by atoms with Crippen LogP contribution in [0, 0.1) is 6.92 Å². The average molecular weight is 284 g/mol. The van der Waals surface area contributed by atoms with Gasteiger partial charge in [-0.15, -0.1) is 0 Å². The van der Waals surface area contributed by atoms with Gasteiger partial charge in [-0.2, -0.15) is 0 Å². The lowest BCUT2D eigenvalue weighted by molar-refractivity contribution is 0.479. The monoisotopic (exact) mass is 284 g/mol. The molecule has 1 aliphatic heterocycles. The van der Waals surface area contributed by atoms with Crippen LogP contribution in [0.3, 0.4) is 0 Å². The molecule has 3 rings (SSSR count). The predicted molar refractivity (Wildman–Crippen MR) is 87.7 cm³/mol. The molecule has 0 unspecified atom stereocenters. The van der Waals surface area contributed by atoms with Crippen molar-refractivity contribution in [1.29, 1.82) is 0 Å². The van der Waals surface area contributed by atoms with Gasteiger partial charge in [0.15, 0.2) is 0 Å². The van der Waals surface area contributed by atoms with Crippen molar-refractivity contribution in [3.05, 3.63) is 35.8 Å². The second kappa shape index (κ2) is 6.31. The number of para-hydroxylation sites is 1. The number of hydrogen-bond acceptors (Lipinski definition) is 3. The molecule has 2 aromatic rings. The maximum absolute atomic E-state index is 4.74. The second-order valence-corrected chi connectivity index (χ2v) is 5.72. The third-order valence-corrected chi connectivity index (χ3v) is 4.15. The Bertz CT molecular complexity index is 597. The highest BCUT2D eigenvalue weighted by atomic mass is 15.0. The standard InChI is InChI=1S/C17H24N4/c1-3-16-19-12(2)17(21-16)14-6-4-5-7-15(14)20-13-8-10-18-11-9-13/h4-7,13,18,20H,3,8-11H2,1-2H3,(H,19,21). The molecule has 2 heterocycles. The van der Waals surface area contributed by atoms with Crippen LogP contribution >= 0.6 is 0 Å². The van der Waals surface area contributed by atoms with E-state index in [1.807, 2.05) is 0 Å². The summed E-state index contributed by atoms with van der Waals surface area (Å²) in [7, 11) is 0. The highest BCUT2D eigenvalue weighted by Gasteiger charge is 2.16. The van der Waals surface area contributed by atoms with Gasteiger partial charge in [-0.1, -0.05) is 25.1 Å². The summed E-state index contributed by atoms with van der Waals surface area (Å²) in [6.07, 6.45) is 3.28. The number of aryl methyl sites for hydroxylation is 2. The van der Waals surface area contributed by atoms with Gasteiger partial charge < -0.3 is 15.6 Å². The molecule has 1 aliphatic rings. The molecule has 0 spiro atoms. The molecule has 0 saturated carbocycles. The Kier molecular flexibility index (Phi) is 4.25. The Morgan fingerprint density at radius 1 is 1.24 bits per heavy atom. The molecular weight excluding hydrogens is 260 g/mol. The summed E-state index contributed by atoms with van der Waals surface area (Å²) >= 11 is 0. The van der Waals surface area contributed by atoms with E-state index in [-0.39, 0.29) is 0 Å². The molecule has 1 fully saturated rings. The Balaban J connectivity index is 1.89.